The molecular formula is C21H34N6O2. The summed E-state index contributed by atoms with van der Waals surface area (Å²) in [5.74, 6) is 1.79. The van der Waals surface area contributed by atoms with Gasteiger partial charge < -0.3 is 25.2 Å². The van der Waals surface area contributed by atoms with Gasteiger partial charge >= 0.3 is 6.09 Å². The molecule has 8 nitrogen and oxygen atoms in total. The Balaban J connectivity index is 1.44. The Morgan fingerprint density at radius 2 is 2.00 bits per heavy atom. The van der Waals surface area contributed by atoms with Crippen molar-refractivity contribution in [3.63, 3.8) is 0 Å². The number of carbonyl (C=O) groups is 1. The number of nitrogens with one attached hydrogen (secondary N) is 2. The summed E-state index contributed by atoms with van der Waals surface area (Å²) in [7, 11) is 1.76. The van der Waals surface area contributed by atoms with Gasteiger partial charge in [-0.3, -0.25) is 4.99 Å². The van der Waals surface area contributed by atoms with Gasteiger partial charge in [0, 0.05) is 46.0 Å². The molecule has 2 aliphatic heterocycles. The fourth-order valence-corrected chi connectivity index (χ4v) is 3.49. The standard InChI is InChI=1S/C21H34N6O2/c1-21(2,3)29-20(28)27-14-17(15-27)25-19(22-4)24-13-16-8-9-23-18(12-16)26-10-6-5-7-11-26/h8-9,12,17H,5-7,10-11,13-15H2,1-4H3,(H2,22,24,25). The first kappa shape index (κ1) is 21.2. The smallest absolute Gasteiger partial charge is 0.410 e. The maximum absolute atomic E-state index is 12.0. The first-order valence-corrected chi connectivity index (χ1v) is 10.5. The highest BCUT2D eigenvalue weighted by molar-refractivity contribution is 5.80. The van der Waals surface area contributed by atoms with Crippen LogP contribution in [0.25, 0.3) is 0 Å². The van der Waals surface area contributed by atoms with E-state index in [4.69, 9.17) is 4.74 Å². The zero-order chi connectivity index (χ0) is 20.9. The third kappa shape index (κ3) is 6.24. The molecule has 1 aromatic rings. The predicted octanol–water partition coefficient (Wildman–Crippen LogP) is 2.36. The number of likely N-dealkylation sites (tertiary alicyclic amines) is 1. The summed E-state index contributed by atoms with van der Waals surface area (Å²) in [4.78, 5) is 24.9. The average molecular weight is 403 g/mol. The van der Waals surface area contributed by atoms with Gasteiger partial charge in [0.05, 0.1) is 6.04 Å². The molecule has 2 aliphatic rings. The summed E-state index contributed by atoms with van der Waals surface area (Å²) < 4.78 is 5.39. The van der Waals surface area contributed by atoms with Gasteiger partial charge in [0.25, 0.3) is 0 Å². The monoisotopic (exact) mass is 402 g/mol. The lowest BCUT2D eigenvalue weighted by Gasteiger charge is -2.40. The summed E-state index contributed by atoms with van der Waals surface area (Å²) in [5, 5.41) is 6.72. The van der Waals surface area contributed by atoms with Crippen molar-refractivity contribution in [2.24, 2.45) is 4.99 Å². The topological polar surface area (TPSA) is 82.1 Å². The van der Waals surface area contributed by atoms with E-state index in [1.807, 2.05) is 33.0 Å². The third-order valence-electron chi connectivity index (χ3n) is 5.05. The molecule has 0 aliphatic carbocycles. The van der Waals surface area contributed by atoms with Gasteiger partial charge in [-0.25, -0.2) is 9.78 Å². The van der Waals surface area contributed by atoms with Crippen LogP contribution in [0.5, 0.6) is 0 Å². The maximum atomic E-state index is 12.0. The lowest BCUT2D eigenvalue weighted by Crippen LogP contribution is -2.63. The molecular weight excluding hydrogens is 368 g/mol. The lowest BCUT2D eigenvalue weighted by atomic mass is 10.1. The largest absolute Gasteiger partial charge is 0.444 e. The van der Waals surface area contributed by atoms with Crippen LogP contribution in [0.1, 0.15) is 45.6 Å². The van der Waals surface area contributed by atoms with Crippen LogP contribution in [0, 0.1) is 0 Å². The molecule has 0 bridgehead atoms. The van der Waals surface area contributed by atoms with Gasteiger partial charge in [0.1, 0.15) is 11.4 Å². The molecule has 2 fully saturated rings. The van der Waals surface area contributed by atoms with Crippen LogP contribution >= 0.6 is 0 Å². The van der Waals surface area contributed by atoms with E-state index in [1.54, 1.807) is 11.9 Å². The molecule has 8 heteroatoms. The Morgan fingerprint density at radius 3 is 2.66 bits per heavy atom. The molecule has 0 atom stereocenters. The Kier molecular flexibility index (Phi) is 6.82. The van der Waals surface area contributed by atoms with Gasteiger partial charge in [-0.1, -0.05) is 0 Å². The van der Waals surface area contributed by atoms with Crippen molar-refractivity contribution < 1.29 is 9.53 Å². The SMILES string of the molecule is CN=C(NCc1ccnc(N2CCCCC2)c1)NC1CN(C(=O)OC(C)(C)C)C1. The van der Waals surface area contributed by atoms with Crippen molar-refractivity contribution in [3.8, 4) is 0 Å². The number of nitrogens with zero attached hydrogens (tertiary/aromatic N) is 4. The molecule has 2 saturated heterocycles. The quantitative estimate of drug-likeness (QED) is 0.594. The van der Waals surface area contributed by atoms with Crippen molar-refractivity contribution >= 4 is 17.9 Å². The summed E-state index contributed by atoms with van der Waals surface area (Å²) in [5.41, 5.74) is 0.706. The number of anilines is 1. The van der Waals surface area contributed by atoms with Crippen LogP contribution in [0.3, 0.4) is 0 Å². The van der Waals surface area contributed by atoms with Crippen LogP contribution in [-0.2, 0) is 11.3 Å². The minimum Gasteiger partial charge on any atom is -0.444 e. The number of pyridine rings is 1. The van der Waals surface area contributed by atoms with Crippen molar-refractivity contribution in [2.45, 2.75) is 58.2 Å². The minimum atomic E-state index is -0.467. The summed E-state index contributed by atoms with van der Waals surface area (Å²) in [6, 6.07) is 4.36. The van der Waals surface area contributed by atoms with Crippen molar-refractivity contribution in [1.82, 2.24) is 20.5 Å². The zero-order valence-corrected chi connectivity index (χ0v) is 18.1. The number of hydrogen-bond donors (Lipinski definition) is 2. The minimum absolute atomic E-state index is 0.176. The Hall–Kier alpha value is -2.51. The summed E-state index contributed by atoms with van der Waals surface area (Å²) in [6.45, 7) is 9.71. The number of carbonyl (C=O) groups excluding carboxylic acids is 1. The second-order valence-electron chi connectivity index (χ2n) is 8.72. The van der Waals surface area contributed by atoms with E-state index < -0.39 is 5.60 Å². The van der Waals surface area contributed by atoms with Gasteiger partial charge in [-0.2, -0.15) is 0 Å². The molecule has 1 amide bonds. The number of aromatic nitrogens is 1. The van der Waals surface area contributed by atoms with Crippen LogP contribution < -0.4 is 15.5 Å². The maximum Gasteiger partial charge on any atom is 0.410 e. The Morgan fingerprint density at radius 1 is 1.28 bits per heavy atom. The number of rotatable bonds is 4. The molecule has 1 aromatic heterocycles. The molecule has 0 aromatic carbocycles. The van der Waals surface area contributed by atoms with Crippen LogP contribution in [0.4, 0.5) is 10.6 Å². The van der Waals surface area contributed by atoms with E-state index in [9.17, 15) is 4.79 Å². The van der Waals surface area contributed by atoms with Gasteiger partial charge in [-0.15, -0.1) is 0 Å². The molecule has 0 radical (unpaired) electrons. The third-order valence-corrected chi connectivity index (χ3v) is 5.05. The first-order chi connectivity index (χ1) is 13.8. The van der Waals surface area contributed by atoms with Crippen LogP contribution in [0.2, 0.25) is 0 Å². The number of ether oxygens (including phenoxy) is 1. The van der Waals surface area contributed by atoms with Gasteiger partial charge in [-0.05, 0) is 57.7 Å². The van der Waals surface area contributed by atoms with E-state index >= 15 is 0 Å². The zero-order valence-electron chi connectivity index (χ0n) is 18.1. The van der Waals surface area contributed by atoms with E-state index in [1.165, 1.54) is 24.8 Å². The normalized spacial score (nSPS) is 18.3. The Labute approximate surface area is 173 Å². The van der Waals surface area contributed by atoms with Crippen molar-refractivity contribution in [3.05, 3.63) is 23.9 Å². The first-order valence-electron chi connectivity index (χ1n) is 10.5. The van der Waals surface area contributed by atoms with Crippen molar-refractivity contribution in [1.29, 1.82) is 0 Å². The molecule has 3 rings (SSSR count). The fourth-order valence-electron chi connectivity index (χ4n) is 3.49. The van der Waals surface area contributed by atoms with Crippen molar-refractivity contribution in [2.75, 3.05) is 38.1 Å². The molecule has 0 saturated carbocycles. The number of guanidine groups is 1. The van der Waals surface area contributed by atoms with Crippen LogP contribution in [-0.4, -0.2) is 66.8 Å². The average Bonchev–Trinajstić information content (AvgIpc) is 2.66. The summed E-state index contributed by atoms with van der Waals surface area (Å²) >= 11 is 0. The summed E-state index contributed by atoms with van der Waals surface area (Å²) in [6.07, 6.45) is 5.40. The molecule has 160 valence electrons. The van der Waals surface area contributed by atoms with Gasteiger partial charge in [0.15, 0.2) is 5.96 Å². The van der Waals surface area contributed by atoms with E-state index in [0.29, 0.717) is 19.6 Å². The van der Waals surface area contributed by atoms with E-state index in [-0.39, 0.29) is 12.1 Å². The number of piperidine rings is 1. The molecule has 0 unspecified atom stereocenters. The number of amides is 1. The Bertz CT molecular complexity index is 718. The van der Waals surface area contributed by atoms with Crippen LogP contribution in [0.15, 0.2) is 23.3 Å². The van der Waals surface area contributed by atoms with E-state index in [0.717, 1.165) is 24.9 Å². The predicted molar refractivity (Wildman–Crippen MR) is 115 cm³/mol. The second kappa shape index (κ2) is 9.33. The lowest BCUT2D eigenvalue weighted by molar-refractivity contribution is 0.00701. The highest BCUT2D eigenvalue weighted by Gasteiger charge is 2.34. The van der Waals surface area contributed by atoms with Gasteiger partial charge in [0.2, 0.25) is 0 Å². The number of hydrogen-bond acceptors (Lipinski definition) is 5. The molecule has 0 spiro atoms. The fraction of sp³-hybridized carbons (Fsp3) is 0.667. The van der Waals surface area contributed by atoms with E-state index in [2.05, 4.69) is 31.6 Å². The molecule has 2 N–H and O–H groups in total. The highest BCUT2D eigenvalue weighted by atomic mass is 16.6. The second-order valence-corrected chi connectivity index (χ2v) is 8.72. The highest BCUT2D eigenvalue weighted by Crippen LogP contribution is 2.18. The number of aliphatic imine (C=N–C) groups is 1. The molecule has 29 heavy (non-hydrogen) atoms. The molecule has 3 heterocycles.